The predicted molar refractivity (Wildman–Crippen MR) is 60.8 cm³/mol. The second-order valence-electron chi connectivity index (χ2n) is 4.36. The second kappa shape index (κ2) is 4.07. The zero-order valence-electron chi connectivity index (χ0n) is 10.3. The van der Waals surface area contributed by atoms with Crippen molar-refractivity contribution in [1.82, 2.24) is 15.1 Å². The van der Waals surface area contributed by atoms with E-state index in [9.17, 15) is 0 Å². The number of ether oxygens (including phenoxy) is 2. The summed E-state index contributed by atoms with van der Waals surface area (Å²) in [6, 6.07) is 0. The van der Waals surface area contributed by atoms with Crippen LogP contribution >= 0.6 is 0 Å². The Morgan fingerprint density at radius 1 is 1.44 bits per heavy atom. The summed E-state index contributed by atoms with van der Waals surface area (Å²) in [6.07, 6.45) is 0.847. The average molecular weight is 225 g/mol. The Balaban J connectivity index is 2.26. The molecular weight excluding hydrogens is 206 g/mol. The molecule has 0 unspecified atom stereocenters. The topological polar surface area (TPSA) is 48.3 Å². The quantitative estimate of drug-likeness (QED) is 0.799. The lowest BCUT2D eigenvalue weighted by molar-refractivity contribution is -0.0506. The van der Waals surface area contributed by atoms with Gasteiger partial charge in [-0.25, -0.2) is 4.68 Å². The number of methoxy groups -OCH3 is 2. The average Bonchev–Trinajstić information content (AvgIpc) is 2.47. The van der Waals surface area contributed by atoms with Gasteiger partial charge in [-0.1, -0.05) is 0 Å². The molecule has 1 aromatic heterocycles. The summed E-state index contributed by atoms with van der Waals surface area (Å²) in [5.41, 5.74) is 2.08. The van der Waals surface area contributed by atoms with Gasteiger partial charge in [0.05, 0.1) is 18.4 Å². The molecule has 0 aromatic carbocycles. The fourth-order valence-electron chi connectivity index (χ4n) is 2.21. The van der Waals surface area contributed by atoms with Gasteiger partial charge in [-0.05, 0) is 6.92 Å². The summed E-state index contributed by atoms with van der Waals surface area (Å²) in [4.78, 5) is 0. The van der Waals surface area contributed by atoms with E-state index in [1.165, 1.54) is 0 Å². The Hall–Kier alpha value is -1.07. The van der Waals surface area contributed by atoms with Crippen molar-refractivity contribution >= 4 is 0 Å². The molecule has 0 aliphatic carbocycles. The number of nitrogens with one attached hydrogen (secondary N) is 1. The van der Waals surface area contributed by atoms with Crippen LogP contribution in [0.4, 0.5) is 0 Å². The zero-order valence-corrected chi connectivity index (χ0v) is 10.3. The van der Waals surface area contributed by atoms with Gasteiger partial charge in [-0.2, -0.15) is 5.10 Å². The predicted octanol–water partition coefficient (Wildman–Crippen LogP) is 0.268. The van der Waals surface area contributed by atoms with Crippen molar-refractivity contribution in [3.05, 3.63) is 11.3 Å². The molecule has 1 N–H and O–H groups in total. The molecule has 2 heterocycles. The SMILES string of the molecule is COc1c(CC2(OC)CNC2)c(C)nn1C. The number of hydrogen-bond acceptors (Lipinski definition) is 4. The van der Waals surface area contributed by atoms with Crippen molar-refractivity contribution in [2.24, 2.45) is 7.05 Å². The third kappa shape index (κ3) is 1.70. The van der Waals surface area contributed by atoms with Crippen molar-refractivity contribution in [2.75, 3.05) is 27.3 Å². The molecule has 0 spiro atoms. The summed E-state index contributed by atoms with van der Waals surface area (Å²) in [6.45, 7) is 3.79. The molecule has 1 fully saturated rings. The van der Waals surface area contributed by atoms with E-state index in [1.54, 1.807) is 18.9 Å². The largest absolute Gasteiger partial charge is 0.481 e. The maximum Gasteiger partial charge on any atom is 0.214 e. The Kier molecular flexibility index (Phi) is 2.90. The van der Waals surface area contributed by atoms with E-state index in [4.69, 9.17) is 9.47 Å². The van der Waals surface area contributed by atoms with E-state index in [-0.39, 0.29) is 5.60 Å². The van der Waals surface area contributed by atoms with Crippen LogP contribution in [0.2, 0.25) is 0 Å². The van der Waals surface area contributed by atoms with Gasteiger partial charge in [0.1, 0.15) is 0 Å². The van der Waals surface area contributed by atoms with Crippen LogP contribution < -0.4 is 10.1 Å². The Labute approximate surface area is 95.7 Å². The van der Waals surface area contributed by atoms with Gasteiger partial charge in [-0.15, -0.1) is 0 Å². The molecule has 16 heavy (non-hydrogen) atoms. The highest BCUT2D eigenvalue weighted by atomic mass is 16.5. The van der Waals surface area contributed by atoms with Gasteiger partial charge in [0.2, 0.25) is 5.88 Å². The van der Waals surface area contributed by atoms with Crippen molar-refractivity contribution < 1.29 is 9.47 Å². The maximum atomic E-state index is 5.59. The molecule has 1 aliphatic rings. The van der Waals surface area contributed by atoms with Crippen LogP contribution in [0.25, 0.3) is 0 Å². The van der Waals surface area contributed by atoms with Gasteiger partial charge >= 0.3 is 0 Å². The third-order valence-corrected chi connectivity index (χ3v) is 3.31. The lowest BCUT2D eigenvalue weighted by Gasteiger charge is -2.41. The van der Waals surface area contributed by atoms with Crippen LogP contribution in [-0.4, -0.2) is 42.7 Å². The summed E-state index contributed by atoms with van der Waals surface area (Å²) >= 11 is 0. The zero-order chi connectivity index (χ0) is 11.8. The Morgan fingerprint density at radius 3 is 2.56 bits per heavy atom. The number of aromatic nitrogens is 2. The van der Waals surface area contributed by atoms with Gasteiger partial charge in [0, 0.05) is 39.2 Å². The van der Waals surface area contributed by atoms with Gasteiger partial charge in [-0.3, -0.25) is 0 Å². The lowest BCUT2D eigenvalue weighted by atomic mass is 9.89. The highest BCUT2D eigenvalue weighted by Crippen LogP contribution is 2.29. The van der Waals surface area contributed by atoms with Crippen molar-refractivity contribution in [3.8, 4) is 5.88 Å². The summed E-state index contributed by atoms with van der Waals surface area (Å²) < 4.78 is 12.7. The first kappa shape index (κ1) is 11.4. The molecule has 5 nitrogen and oxygen atoms in total. The van der Waals surface area contributed by atoms with Crippen LogP contribution in [0.5, 0.6) is 5.88 Å². The fourth-order valence-corrected chi connectivity index (χ4v) is 2.21. The van der Waals surface area contributed by atoms with Gasteiger partial charge < -0.3 is 14.8 Å². The number of hydrogen-bond donors (Lipinski definition) is 1. The fraction of sp³-hybridized carbons (Fsp3) is 0.727. The molecule has 0 saturated carbocycles. The van der Waals surface area contributed by atoms with Crippen LogP contribution in [0.3, 0.4) is 0 Å². The van der Waals surface area contributed by atoms with Crippen LogP contribution in [-0.2, 0) is 18.2 Å². The van der Waals surface area contributed by atoms with E-state index in [0.717, 1.165) is 36.6 Å². The highest BCUT2D eigenvalue weighted by Gasteiger charge is 2.39. The molecule has 0 atom stereocenters. The number of nitrogens with zero attached hydrogens (tertiary/aromatic N) is 2. The Morgan fingerprint density at radius 2 is 2.12 bits per heavy atom. The molecule has 1 aromatic rings. The molecule has 90 valence electrons. The minimum Gasteiger partial charge on any atom is -0.481 e. The van der Waals surface area contributed by atoms with E-state index in [1.807, 2.05) is 14.0 Å². The molecule has 5 heteroatoms. The molecule has 2 rings (SSSR count). The highest BCUT2D eigenvalue weighted by molar-refractivity contribution is 5.33. The molecule has 1 saturated heterocycles. The first-order chi connectivity index (χ1) is 7.62. The lowest BCUT2D eigenvalue weighted by Crippen LogP contribution is -2.61. The van der Waals surface area contributed by atoms with E-state index < -0.39 is 0 Å². The molecule has 0 bridgehead atoms. The number of rotatable bonds is 4. The minimum atomic E-state index is -0.0823. The minimum absolute atomic E-state index is 0.0823. The van der Waals surface area contributed by atoms with Crippen molar-refractivity contribution in [2.45, 2.75) is 18.9 Å². The molecule has 0 amide bonds. The van der Waals surface area contributed by atoms with Gasteiger partial charge in [0.15, 0.2) is 0 Å². The third-order valence-electron chi connectivity index (χ3n) is 3.31. The first-order valence-corrected chi connectivity index (χ1v) is 5.44. The normalized spacial score (nSPS) is 18.2. The first-order valence-electron chi connectivity index (χ1n) is 5.44. The summed E-state index contributed by atoms with van der Waals surface area (Å²) in [5.74, 6) is 0.834. The monoisotopic (exact) mass is 225 g/mol. The van der Waals surface area contributed by atoms with Crippen LogP contribution in [0, 0.1) is 6.92 Å². The molecule has 0 radical (unpaired) electrons. The van der Waals surface area contributed by atoms with E-state index in [2.05, 4.69) is 10.4 Å². The number of aryl methyl sites for hydroxylation is 2. The second-order valence-corrected chi connectivity index (χ2v) is 4.36. The van der Waals surface area contributed by atoms with Crippen molar-refractivity contribution in [3.63, 3.8) is 0 Å². The van der Waals surface area contributed by atoms with Crippen LogP contribution in [0.1, 0.15) is 11.3 Å². The van der Waals surface area contributed by atoms with Crippen molar-refractivity contribution in [1.29, 1.82) is 0 Å². The van der Waals surface area contributed by atoms with E-state index in [0.29, 0.717) is 0 Å². The molecule has 1 aliphatic heterocycles. The Bertz CT molecular complexity index is 377. The summed E-state index contributed by atoms with van der Waals surface area (Å²) in [7, 11) is 5.34. The van der Waals surface area contributed by atoms with E-state index >= 15 is 0 Å². The van der Waals surface area contributed by atoms with Gasteiger partial charge in [0.25, 0.3) is 0 Å². The standard InChI is InChI=1S/C11H19N3O2/c1-8-9(10(15-3)14(2)13-8)5-11(16-4)6-12-7-11/h12H,5-7H2,1-4H3. The smallest absolute Gasteiger partial charge is 0.214 e. The van der Waals surface area contributed by atoms with Crippen LogP contribution in [0.15, 0.2) is 0 Å². The summed E-state index contributed by atoms with van der Waals surface area (Å²) in [5, 5.41) is 7.62. The molecular formula is C11H19N3O2. The maximum absolute atomic E-state index is 5.59.